The van der Waals surface area contributed by atoms with E-state index in [9.17, 15) is 22.0 Å². The van der Waals surface area contributed by atoms with Gasteiger partial charge in [0, 0.05) is 6.07 Å². The molecule has 0 spiro atoms. The molecular formula is C8H5F5INO. The van der Waals surface area contributed by atoms with E-state index in [-0.39, 0.29) is 0 Å². The zero-order valence-electron chi connectivity index (χ0n) is 7.78. The first-order valence-corrected chi connectivity index (χ1v) is 4.95. The fourth-order valence-electron chi connectivity index (χ4n) is 1.01. The van der Waals surface area contributed by atoms with Crippen molar-refractivity contribution in [3.63, 3.8) is 0 Å². The lowest BCUT2D eigenvalue weighted by atomic mass is 10.2. The number of aromatic nitrogens is 1. The normalized spacial score (nSPS) is 12.0. The summed E-state index contributed by atoms with van der Waals surface area (Å²) in [6.45, 7) is 0. The number of alkyl halides is 5. The van der Waals surface area contributed by atoms with Gasteiger partial charge in [-0.15, -0.1) is 0 Å². The molecule has 1 aromatic rings. The minimum absolute atomic E-state index is 0.417. The fraction of sp³-hybridized carbons (Fsp3) is 0.375. The number of methoxy groups -OCH3 is 1. The Morgan fingerprint density at radius 3 is 2.31 bits per heavy atom. The lowest BCUT2D eigenvalue weighted by molar-refractivity contribution is -0.141. The molecule has 16 heavy (non-hydrogen) atoms. The maximum atomic E-state index is 12.5. The van der Waals surface area contributed by atoms with Crippen molar-refractivity contribution in [3.8, 4) is 5.75 Å². The van der Waals surface area contributed by atoms with Crippen LogP contribution in [0, 0.1) is 3.70 Å². The number of hydrogen-bond acceptors (Lipinski definition) is 2. The SMILES string of the molecule is COc1cc(C(F)(F)F)nc(I)c1C(F)F. The van der Waals surface area contributed by atoms with Crippen molar-refractivity contribution in [2.45, 2.75) is 12.6 Å². The van der Waals surface area contributed by atoms with Crippen molar-refractivity contribution < 1.29 is 26.7 Å². The van der Waals surface area contributed by atoms with Gasteiger partial charge >= 0.3 is 6.18 Å². The van der Waals surface area contributed by atoms with Crippen LogP contribution in [0.15, 0.2) is 6.07 Å². The summed E-state index contributed by atoms with van der Waals surface area (Å²) in [6, 6.07) is 0.462. The first kappa shape index (κ1) is 13.4. The van der Waals surface area contributed by atoms with Crippen LogP contribution in [0.4, 0.5) is 22.0 Å². The number of halogens is 6. The number of ether oxygens (including phenoxy) is 1. The molecule has 1 rings (SSSR count). The smallest absolute Gasteiger partial charge is 0.433 e. The van der Waals surface area contributed by atoms with Crippen LogP contribution in [0.25, 0.3) is 0 Å². The van der Waals surface area contributed by atoms with Gasteiger partial charge in [0.1, 0.15) is 15.1 Å². The van der Waals surface area contributed by atoms with Crippen LogP contribution >= 0.6 is 22.6 Å². The summed E-state index contributed by atoms with van der Waals surface area (Å²) in [6.07, 6.45) is -7.62. The Morgan fingerprint density at radius 2 is 1.94 bits per heavy atom. The summed E-state index contributed by atoms with van der Waals surface area (Å²) in [5.41, 5.74) is -1.88. The fourth-order valence-corrected chi connectivity index (χ4v) is 1.77. The van der Waals surface area contributed by atoms with Gasteiger partial charge in [0.05, 0.1) is 12.7 Å². The van der Waals surface area contributed by atoms with Crippen molar-refractivity contribution in [1.29, 1.82) is 0 Å². The molecule has 8 heteroatoms. The van der Waals surface area contributed by atoms with E-state index >= 15 is 0 Å². The zero-order chi connectivity index (χ0) is 12.5. The summed E-state index contributed by atoms with van der Waals surface area (Å²) in [4.78, 5) is 3.08. The van der Waals surface area contributed by atoms with Gasteiger partial charge in [-0.25, -0.2) is 13.8 Å². The molecule has 0 aliphatic heterocycles. The van der Waals surface area contributed by atoms with Crippen molar-refractivity contribution in [3.05, 3.63) is 21.0 Å². The minimum Gasteiger partial charge on any atom is -0.496 e. The monoisotopic (exact) mass is 353 g/mol. The molecule has 0 N–H and O–H groups in total. The molecule has 90 valence electrons. The third-order valence-corrected chi connectivity index (χ3v) is 2.53. The van der Waals surface area contributed by atoms with Gasteiger partial charge in [-0.1, -0.05) is 0 Å². The molecule has 0 aromatic carbocycles. The number of rotatable bonds is 2. The molecule has 1 aromatic heterocycles. The third kappa shape index (κ3) is 2.71. The summed E-state index contributed by atoms with van der Waals surface area (Å²) in [5, 5.41) is 0. The van der Waals surface area contributed by atoms with Crippen LogP contribution in [0.3, 0.4) is 0 Å². The van der Waals surface area contributed by atoms with E-state index in [1.165, 1.54) is 22.6 Å². The van der Waals surface area contributed by atoms with Crippen molar-refractivity contribution in [2.24, 2.45) is 0 Å². The highest BCUT2D eigenvalue weighted by Gasteiger charge is 2.35. The number of hydrogen-bond donors (Lipinski definition) is 0. The molecular weight excluding hydrogens is 348 g/mol. The van der Waals surface area contributed by atoms with Crippen LogP contribution in [0.2, 0.25) is 0 Å². The van der Waals surface area contributed by atoms with Crippen LogP contribution in [-0.4, -0.2) is 12.1 Å². The Bertz CT molecular complexity index is 393. The number of pyridine rings is 1. The molecule has 0 aliphatic carbocycles. The lowest BCUT2D eigenvalue weighted by Gasteiger charge is -2.13. The van der Waals surface area contributed by atoms with Gasteiger partial charge in [-0.2, -0.15) is 13.2 Å². The highest BCUT2D eigenvalue weighted by atomic mass is 127. The molecule has 0 fully saturated rings. The summed E-state index contributed by atoms with van der Waals surface area (Å²) >= 11 is 1.32. The van der Waals surface area contributed by atoms with Gasteiger partial charge in [0.2, 0.25) is 0 Å². The van der Waals surface area contributed by atoms with E-state index in [1.807, 2.05) is 0 Å². The van der Waals surface area contributed by atoms with Crippen LogP contribution in [-0.2, 0) is 6.18 Å². The van der Waals surface area contributed by atoms with Gasteiger partial charge in [-0.3, -0.25) is 0 Å². The van der Waals surface area contributed by atoms with Gasteiger partial charge in [0.25, 0.3) is 6.43 Å². The molecule has 0 unspecified atom stereocenters. The van der Waals surface area contributed by atoms with Crippen molar-refractivity contribution in [1.82, 2.24) is 4.98 Å². The largest absolute Gasteiger partial charge is 0.496 e. The van der Waals surface area contributed by atoms with Gasteiger partial charge in [0.15, 0.2) is 0 Å². The van der Waals surface area contributed by atoms with Gasteiger partial charge < -0.3 is 4.74 Å². The molecule has 0 aliphatic rings. The van der Waals surface area contributed by atoms with E-state index in [4.69, 9.17) is 0 Å². The Hall–Kier alpha value is -0.670. The van der Waals surface area contributed by atoms with Crippen molar-refractivity contribution >= 4 is 22.6 Å². The number of nitrogens with zero attached hydrogens (tertiary/aromatic N) is 1. The molecule has 0 amide bonds. The van der Waals surface area contributed by atoms with Crippen LogP contribution < -0.4 is 4.74 Å². The Morgan fingerprint density at radius 1 is 1.38 bits per heavy atom. The van der Waals surface area contributed by atoms with E-state index in [0.29, 0.717) is 6.07 Å². The Kier molecular flexibility index (Phi) is 3.92. The van der Waals surface area contributed by atoms with E-state index in [2.05, 4.69) is 9.72 Å². The molecule has 1 heterocycles. The average molecular weight is 353 g/mol. The zero-order valence-corrected chi connectivity index (χ0v) is 9.94. The molecule has 2 nitrogen and oxygen atoms in total. The summed E-state index contributed by atoms with van der Waals surface area (Å²) in [5.74, 6) is -0.512. The van der Waals surface area contributed by atoms with Crippen molar-refractivity contribution in [2.75, 3.05) is 7.11 Å². The van der Waals surface area contributed by atoms with Crippen LogP contribution in [0.5, 0.6) is 5.75 Å². The molecule has 0 saturated heterocycles. The minimum atomic E-state index is -4.69. The Balaban J connectivity index is 3.38. The molecule has 0 radical (unpaired) electrons. The predicted molar refractivity (Wildman–Crippen MR) is 53.5 cm³/mol. The quantitative estimate of drug-likeness (QED) is 0.460. The third-order valence-electron chi connectivity index (χ3n) is 1.70. The molecule has 0 saturated carbocycles. The second-order valence-electron chi connectivity index (χ2n) is 2.71. The second-order valence-corrected chi connectivity index (χ2v) is 3.73. The maximum absolute atomic E-state index is 12.5. The molecule has 0 atom stereocenters. The first-order valence-electron chi connectivity index (χ1n) is 3.87. The van der Waals surface area contributed by atoms with Crippen LogP contribution in [0.1, 0.15) is 17.7 Å². The summed E-state index contributed by atoms with van der Waals surface area (Å²) in [7, 11) is 1.03. The average Bonchev–Trinajstić information content (AvgIpc) is 2.14. The first-order chi connectivity index (χ1) is 7.27. The van der Waals surface area contributed by atoms with E-state index < -0.39 is 33.3 Å². The topological polar surface area (TPSA) is 22.1 Å². The maximum Gasteiger partial charge on any atom is 0.433 e. The predicted octanol–water partition coefficient (Wildman–Crippen LogP) is 3.65. The van der Waals surface area contributed by atoms with E-state index in [0.717, 1.165) is 7.11 Å². The lowest BCUT2D eigenvalue weighted by Crippen LogP contribution is -2.11. The highest BCUT2D eigenvalue weighted by Crippen LogP contribution is 2.37. The standard InChI is InChI=1S/C8H5F5INO/c1-16-3-2-4(8(11,12)13)15-7(14)5(3)6(9)10/h2,6H,1H3. The molecule has 0 bridgehead atoms. The highest BCUT2D eigenvalue weighted by molar-refractivity contribution is 14.1. The van der Waals surface area contributed by atoms with E-state index in [1.54, 1.807) is 0 Å². The Labute approximate surface area is 101 Å². The summed E-state index contributed by atoms with van der Waals surface area (Å²) < 4.78 is 66.0. The van der Waals surface area contributed by atoms with Gasteiger partial charge in [-0.05, 0) is 22.6 Å². The second kappa shape index (κ2) is 4.68.